The molecule has 4 rings (SSSR count). The molecule has 3 atom stereocenters. The van der Waals surface area contributed by atoms with E-state index in [9.17, 15) is 35.5 Å². The van der Waals surface area contributed by atoms with Crippen molar-refractivity contribution < 1.29 is 45.0 Å². The van der Waals surface area contributed by atoms with Crippen LogP contribution >= 0.6 is 0 Å². The number of piperidine rings is 2. The fourth-order valence-electron chi connectivity index (χ4n) is 5.77. The zero-order valence-electron chi connectivity index (χ0n) is 24.6. The van der Waals surface area contributed by atoms with Gasteiger partial charge in [-0.05, 0) is 88.4 Å². The Morgan fingerprint density at radius 1 is 0.860 bits per heavy atom. The van der Waals surface area contributed by atoms with Gasteiger partial charge in [0.1, 0.15) is 11.4 Å². The minimum atomic E-state index is -4.96. The van der Waals surface area contributed by atoms with Gasteiger partial charge in [0.25, 0.3) is 0 Å². The van der Waals surface area contributed by atoms with Crippen LogP contribution in [0.5, 0.6) is 0 Å². The topological polar surface area (TPSA) is 42.0 Å². The summed E-state index contributed by atoms with van der Waals surface area (Å²) in [4.78, 5) is 16.5. The van der Waals surface area contributed by atoms with Gasteiger partial charge < -0.3 is 14.4 Å². The zero-order chi connectivity index (χ0) is 31.7. The lowest BCUT2D eigenvalue weighted by molar-refractivity contribution is -0.143. The van der Waals surface area contributed by atoms with Gasteiger partial charge in [-0.25, -0.2) is 9.18 Å². The molecule has 43 heavy (non-hydrogen) atoms. The fourth-order valence-corrected chi connectivity index (χ4v) is 5.77. The van der Waals surface area contributed by atoms with Gasteiger partial charge in [-0.2, -0.15) is 26.3 Å². The molecular weight excluding hydrogens is 581 g/mol. The first-order valence-corrected chi connectivity index (χ1v) is 14.3. The Labute approximate surface area is 246 Å². The molecule has 5 nitrogen and oxygen atoms in total. The number of nitrogens with zero attached hydrogens (tertiary/aromatic N) is 2. The van der Waals surface area contributed by atoms with Crippen molar-refractivity contribution in [2.75, 3.05) is 26.2 Å². The van der Waals surface area contributed by atoms with Crippen LogP contribution in [0.1, 0.15) is 81.2 Å². The number of carbonyl (C=O) groups excluding carboxylic acids is 1. The second kappa shape index (κ2) is 12.6. The highest BCUT2D eigenvalue weighted by molar-refractivity contribution is 5.68. The van der Waals surface area contributed by atoms with Crippen molar-refractivity contribution in [3.8, 4) is 0 Å². The maximum absolute atomic E-state index is 13.8. The summed E-state index contributed by atoms with van der Waals surface area (Å²) in [5, 5.41) is 0. The van der Waals surface area contributed by atoms with Crippen molar-refractivity contribution in [2.24, 2.45) is 0 Å². The number of benzene rings is 2. The number of likely N-dealkylation sites (tertiary alicyclic amines) is 2. The van der Waals surface area contributed by atoms with Crippen molar-refractivity contribution in [1.82, 2.24) is 9.80 Å². The molecule has 2 aromatic carbocycles. The summed E-state index contributed by atoms with van der Waals surface area (Å²) in [5.74, 6) is -0.742. The summed E-state index contributed by atoms with van der Waals surface area (Å²) in [6.45, 7) is 8.99. The zero-order valence-corrected chi connectivity index (χ0v) is 24.6. The smallest absolute Gasteiger partial charge is 0.416 e. The molecule has 2 aliphatic heterocycles. The van der Waals surface area contributed by atoms with Crippen LogP contribution in [-0.2, 0) is 21.8 Å². The lowest BCUT2D eigenvalue weighted by Gasteiger charge is -2.45. The van der Waals surface area contributed by atoms with Gasteiger partial charge in [0.05, 0.1) is 23.3 Å². The third kappa shape index (κ3) is 8.62. The summed E-state index contributed by atoms with van der Waals surface area (Å²) in [5.41, 5.74) is -2.85. The molecule has 2 fully saturated rings. The predicted molar refractivity (Wildman–Crippen MR) is 146 cm³/mol. The van der Waals surface area contributed by atoms with Crippen molar-refractivity contribution >= 4 is 6.09 Å². The van der Waals surface area contributed by atoms with Crippen LogP contribution in [0.2, 0.25) is 0 Å². The lowest BCUT2D eigenvalue weighted by Crippen LogP contribution is -2.52. The number of rotatable bonds is 5. The Morgan fingerprint density at radius 2 is 1.42 bits per heavy atom. The number of hydrogen-bond donors (Lipinski definition) is 0. The van der Waals surface area contributed by atoms with Gasteiger partial charge in [0.2, 0.25) is 0 Å². The molecule has 2 saturated heterocycles. The van der Waals surface area contributed by atoms with E-state index >= 15 is 0 Å². The first kappa shape index (κ1) is 33.0. The minimum absolute atomic E-state index is 0.101. The number of alkyl halides is 6. The number of hydrogen-bond acceptors (Lipinski definition) is 4. The number of carbonyl (C=O) groups is 1. The third-order valence-corrected chi connectivity index (χ3v) is 7.97. The lowest BCUT2D eigenvalue weighted by atomic mass is 9.86. The highest BCUT2D eigenvalue weighted by Crippen LogP contribution is 2.40. The van der Waals surface area contributed by atoms with E-state index in [1.54, 1.807) is 17.0 Å². The Hall–Kier alpha value is -2.86. The molecule has 0 N–H and O–H groups in total. The van der Waals surface area contributed by atoms with Gasteiger partial charge in [-0.1, -0.05) is 12.1 Å². The van der Waals surface area contributed by atoms with Crippen molar-refractivity contribution in [3.63, 3.8) is 0 Å². The van der Waals surface area contributed by atoms with E-state index < -0.39 is 47.1 Å². The Balaban J connectivity index is 1.51. The molecule has 0 aliphatic carbocycles. The Kier molecular flexibility index (Phi) is 9.71. The molecule has 0 radical (unpaired) electrons. The van der Waals surface area contributed by atoms with Crippen LogP contribution in [0, 0.1) is 5.82 Å². The quantitative estimate of drug-likeness (QED) is 0.317. The van der Waals surface area contributed by atoms with Crippen LogP contribution in [0.4, 0.5) is 35.5 Å². The molecule has 2 aliphatic rings. The molecular formula is C31H37F7N2O3. The molecule has 12 heteroatoms. The first-order chi connectivity index (χ1) is 19.9. The van der Waals surface area contributed by atoms with Crippen LogP contribution in [0.3, 0.4) is 0 Å². The molecule has 0 saturated carbocycles. The summed E-state index contributed by atoms with van der Waals surface area (Å²) in [7, 11) is 0. The monoisotopic (exact) mass is 618 g/mol. The van der Waals surface area contributed by atoms with Crippen molar-refractivity contribution in [1.29, 1.82) is 0 Å². The Bertz CT molecular complexity index is 1220. The van der Waals surface area contributed by atoms with Gasteiger partial charge in [-0.3, -0.25) is 4.90 Å². The van der Waals surface area contributed by atoms with E-state index in [2.05, 4.69) is 4.90 Å². The SMILES string of the molecule is C[C@@H](O[C@H]1CCN(C2CCN(C(=O)OC(C)(C)C)CC2)C[C@@H]1c1ccc(F)cc1)c1cc(C(F)(F)F)cc(C(F)(F)F)c1. The van der Waals surface area contributed by atoms with Gasteiger partial charge >= 0.3 is 18.4 Å². The third-order valence-electron chi connectivity index (χ3n) is 7.97. The molecule has 0 bridgehead atoms. The molecule has 0 unspecified atom stereocenters. The maximum Gasteiger partial charge on any atom is 0.416 e. The second-order valence-corrected chi connectivity index (χ2v) is 12.3. The molecule has 0 spiro atoms. The van der Waals surface area contributed by atoms with Gasteiger partial charge in [-0.15, -0.1) is 0 Å². The number of amides is 1. The Morgan fingerprint density at radius 3 is 1.93 bits per heavy atom. The predicted octanol–water partition coefficient (Wildman–Crippen LogP) is 8.20. The van der Waals surface area contributed by atoms with E-state index in [-0.39, 0.29) is 29.7 Å². The average Bonchev–Trinajstić information content (AvgIpc) is 2.92. The van der Waals surface area contributed by atoms with Crippen LogP contribution < -0.4 is 0 Å². The molecule has 1 amide bonds. The summed E-state index contributed by atoms with van der Waals surface area (Å²) in [6, 6.07) is 7.53. The fraction of sp³-hybridized carbons (Fsp3) is 0.581. The first-order valence-electron chi connectivity index (χ1n) is 14.3. The van der Waals surface area contributed by atoms with E-state index in [4.69, 9.17) is 9.47 Å². The normalized spacial score (nSPS) is 22.0. The largest absolute Gasteiger partial charge is 0.444 e. The molecule has 238 valence electrons. The van der Waals surface area contributed by atoms with E-state index in [0.29, 0.717) is 57.6 Å². The van der Waals surface area contributed by atoms with Crippen LogP contribution in [0.15, 0.2) is 42.5 Å². The van der Waals surface area contributed by atoms with Crippen LogP contribution in [-0.4, -0.2) is 59.8 Å². The highest BCUT2D eigenvalue weighted by atomic mass is 19.4. The van der Waals surface area contributed by atoms with Gasteiger partial charge in [0.15, 0.2) is 0 Å². The average molecular weight is 619 g/mol. The van der Waals surface area contributed by atoms with E-state index in [1.165, 1.54) is 19.1 Å². The molecule has 2 heterocycles. The second-order valence-electron chi connectivity index (χ2n) is 12.3. The van der Waals surface area contributed by atoms with Gasteiger partial charge in [0, 0.05) is 38.1 Å². The number of halogens is 7. The molecule has 0 aromatic heterocycles. The van der Waals surface area contributed by atoms with E-state index in [0.717, 1.165) is 5.56 Å². The summed E-state index contributed by atoms with van der Waals surface area (Å²) < 4.78 is 106. The maximum atomic E-state index is 13.8. The molecule has 2 aromatic rings. The standard InChI is InChI=1S/C31H37F7N2O3/c1-19(21-15-22(30(33,34)35)17-23(16-21)31(36,37)38)42-27-11-14-40(18-26(27)20-5-7-24(32)8-6-20)25-9-12-39(13-10-25)28(41)43-29(2,3)4/h5-8,15-17,19,25-27H,9-14,18H2,1-4H3/t19-,26-,27+/m1/s1. The van der Waals surface area contributed by atoms with Crippen molar-refractivity contribution in [3.05, 3.63) is 70.5 Å². The minimum Gasteiger partial charge on any atom is -0.444 e. The highest BCUT2D eigenvalue weighted by Gasteiger charge is 2.40. The van der Waals surface area contributed by atoms with E-state index in [1.807, 2.05) is 20.8 Å². The summed E-state index contributed by atoms with van der Waals surface area (Å²) >= 11 is 0. The summed E-state index contributed by atoms with van der Waals surface area (Å²) in [6.07, 6.45) is -10.0. The van der Waals surface area contributed by atoms with Crippen molar-refractivity contribution in [2.45, 2.75) is 89.1 Å². The number of ether oxygens (including phenoxy) is 2. The van der Waals surface area contributed by atoms with Crippen LogP contribution in [0.25, 0.3) is 0 Å².